The van der Waals surface area contributed by atoms with Gasteiger partial charge in [-0.25, -0.2) is 4.98 Å². The van der Waals surface area contributed by atoms with Crippen molar-refractivity contribution < 1.29 is 9.59 Å². The zero-order chi connectivity index (χ0) is 16.9. The van der Waals surface area contributed by atoms with Gasteiger partial charge in [0.1, 0.15) is 5.01 Å². The minimum absolute atomic E-state index is 0.0791. The Morgan fingerprint density at radius 1 is 1.17 bits per heavy atom. The predicted molar refractivity (Wildman–Crippen MR) is 95.0 cm³/mol. The number of nitrogens with one attached hydrogen (secondary N) is 1. The van der Waals surface area contributed by atoms with Gasteiger partial charge in [0.25, 0.3) is 0 Å². The molecule has 2 amide bonds. The molecule has 0 aromatic carbocycles. The van der Waals surface area contributed by atoms with Crippen LogP contribution in [0, 0.1) is 0 Å². The molecule has 1 saturated heterocycles. The molecule has 2 heterocycles. The monoisotopic (exact) mass is 349 g/mol. The van der Waals surface area contributed by atoms with Crippen LogP contribution in [0.2, 0.25) is 0 Å². The molecule has 1 fully saturated rings. The van der Waals surface area contributed by atoms with Crippen LogP contribution >= 0.6 is 11.3 Å². The van der Waals surface area contributed by atoms with Gasteiger partial charge in [0.2, 0.25) is 11.8 Å². The van der Waals surface area contributed by atoms with Crippen molar-refractivity contribution in [2.24, 2.45) is 0 Å². The first-order valence-corrected chi connectivity index (χ1v) is 10.0. The third-order valence-electron chi connectivity index (χ3n) is 4.87. The molecule has 0 unspecified atom stereocenters. The van der Waals surface area contributed by atoms with Crippen molar-refractivity contribution in [3.8, 4) is 0 Å². The highest BCUT2D eigenvalue weighted by molar-refractivity contribution is 7.11. The quantitative estimate of drug-likeness (QED) is 0.909. The number of aromatic nitrogens is 1. The third-order valence-corrected chi connectivity index (χ3v) is 6.21. The standard InChI is InChI=1S/C18H27N3O2S/c1-13(18-20-14-8-5-6-9-15(14)24-18)19-16(22)12-21-11-7-3-2-4-10-17(21)23/h13H,2-12H2,1H3,(H,19,22)/t13-/m0/s1. The molecule has 1 aromatic heterocycles. The Balaban J connectivity index is 1.55. The summed E-state index contributed by atoms with van der Waals surface area (Å²) in [4.78, 5) is 32.3. The molecular weight excluding hydrogens is 322 g/mol. The maximum Gasteiger partial charge on any atom is 0.240 e. The molecule has 1 aromatic rings. The minimum Gasteiger partial charge on any atom is -0.346 e. The lowest BCUT2D eigenvalue weighted by Gasteiger charge is -2.24. The van der Waals surface area contributed by atoms with Gasteiger partial charge in [0.15, 0.2) is 0 Å². The second-order valence-corrected chi connectivity index (χ2v) is 8.01. The average molecular weight is 350 g/mol. The lowest BCUT2D eigenvalue weighted by molar-refractivity contribution is -0.136. The number of rotatable bonds is 4. The van der Waals surface area contributed by atoms with E-state index in [1.807, 2.05) is 6.92 Å². The maximum absolute atomic E-state index is 12.4. The SMILES string of the molecule is C[C@H](NC(=O)CN1CCCCCCC1=O)c1nc2c(s1)CCCC2. The molecule has 0 radical (unpaired) electrons. The number of nitrogens with zero attached hydrogens (tertiary/aromatic N) is 2. The molecule has 0 bridgehead atoms. The van der Waals surface area contributed by atoms with Gasteiger partial charge < -0.3 is 10.2 Å². The molecule has 24 heavy (non-hydrogen) atoms. The van der Waals surface area contributed by atoms with Gasteiger partial charge in [-0.05, 0) is 45.4 Å². The van der Waals surface area contributed by atoms with Crippen molar-refractivity contribution in [2.75, 3.05) is 13.1 Å². The smallest absolute Gasteiger partial charge is 0.240 e. The fourth-order valence-electron chi connectivity index (χ4n) is 3.46. The summed E-state index contributed by atoms with van der Waals surface area (Å²) in [6, 6.07) is -0.0852. The lowest BCUT2D eigenvalue weighted by Crippen LogP contribution is -2.42. The van der Waals surface area contributed by atoms with E-state index < -0.39 is 0 Å². The van der Waals surface area contributed by atoms with Gasteiger partial charge in [-0.15, -0.1) is 11.3 Å². The largest absolute Gasteiger partial charge is 0.346 e. The first kappa shape index (κ1) is 17.4. The van der Waals surface area contributed by atoms with Crippen molar-refractivity contribution in [1.29, 1.82) is 0 Å². The van der Waals surface area contributed by atoms with Crippen LogP contribution in [0.25, 0.3) is 0 Å². The zero-order valence-electron chi connectivity index (χ0n) is 14.5. The summed E-state index contributed by atoms with van der Waals surface area (Å²) in [5, 5.41) is 4.02. The van der Waals surface area contributed by atoms with Crippen molar-refractivity contribution in [3.63, 3.8) is 0 Å². The van der Waals surface area contributed by atoms with E-state index in [1.54, 1.807) is 16.2 Å². The number of amides is 2. The Morgan fingerprint density at radius 2 is 1.92 bits per heavy atom. The van der Waals surface area contributed by atoms with E-state index in [2.05, 4.69) is 5.32 Å². The molecule has 1 atom stereocenters. The fraction of sp³-hybridized carbons (Fsp3) is 0.722. The molecule has 6 heteroatoms. The van der Waals surface area contributed by atoms with Gasteiger partial charge in [0.05, 0.1) is 18.3 Å². The zero-order valence-corrected chi connectivity index (χ0v) is 15.3. The number of carbonyl (C=O) groups is 2. The van der Waals surface area contributed by atoms with Gasteiger partial charge >= 0.3 is 0 Å². The van der Waals surface area contributed by atoms with E-state index in [-0.39, 0.29) is 24.4 Å². The number of fused-ring (bicyclic) bond motifs is 1. The Bertz CT molecular complexity index is 576. The maximum atomic E-state index is 12.4. The number of thiazole rings is 1. The van der Waals surface area contributed by atoms with Crippen LogP contribution < -0.4 is 5.32 Å². The fourth-order valence-corrected chi connectivity index (χ4v) is 4.62. The number of hydrogen-bond donors (Lipinski definition) is 1. The molecule has 1 aliphatic carbocycles. The number of carbonyl (C=O) groups excluding carboxylic acids is 2. The highest BCUT2D eigenvalue weighted by Crippen LogP contribution is 2.29. The number of hydrogen-bond acceptors (Lipinski definition) is 4. The normalized spacial score (nSPS) is 20.0. The molecule has 0 saturated carbocycles. The second kappa shape index (κ2) is 8.10. The van der Waals surface area contributed by atoms with Crippen LogP contribution in [-0.2, 0) is 22.4 Å². The second-order valence-electron chi connectivity index (χ2n) is 6.90. The summed E-state index contributed by atoms with van der Waals surface area (Å²) in [7, 11) is 0. The minimum atomic E-state index is -0.0852. The van der Waals surface area contributed by atoms with Gasteiger partial charge in [-0.1, -0.05) is 12.8 Å². The Labute approximate surface area is 147 Å². The highest BCUT2D eigenvalue weighted by Gasteiger charge is 2.22. The van der Waals surface area contributed by atoms with Crippen LogP contribution in [-0.4, -0.2) is 34.8 Å². The molecule has 3 rings (SSSR count). The van der Waals surface area contributed by atoms with Crippen molar-refractivity contribution >= 4 is 23.2 Å². The average Bonchev–Trinajstić information content (AvgIpc) is 2.99. The lowest BCUT2D eigenvalue weighted by atomic mass is 10.0. The van der Waals surface area contributed by atoms with E-state index in [1.165, 1.54) is 23.4 Å². The van der Waals surface area contributed by atoms with E-state index in [0.29, 0.717) is 13.0 Å². The summed E-state index contributed by atoms with van der Waals surface area (Å²) in [5.74, 6) is 0.0341. The summed E-state index contributed by atoms with van der Waals surface area (Å²) in [6.07, 6.45) is 9.42. The third kappa shape index (κ3) is 4.35. The van der Waals surface area contributed by atoms with E-state index in [0.717, 1.165) is 43.5 Å². The summed E-state index contributed by atoms with van der Waals surface area (Å²) >= 11 is 1.73. The van der Waals surface area contributed by atoms with Crippen LogP contribution in [0.1, 0.15) is 73.5 Å². The first-order valence-electron chi connectivity index (χ1n) is 9.19. The van der Waals surface area contributed by atoms with Crippen LogP contribution in [0.5, 0.6) is 0 Å². The molecular formula is C18H27N3O2S. The predicted octanol–water partition coefficient (Wildman–Crippen LogP) is 2.99. The van der Waals surface area contributed by atoms with Crippen molar-refractivity contribution in [2.45, 2.75) is 70.8 Å². The molecule has 1 aliphatic heterocycles. The Hall–Kier alpha value is -1.43. The van der Waals surface area contributed by atoms with Crippen molar-refractivity contribution in [3.05, 3.63) is 15.6 Å². The Morgan fingerprint density at radius 3 is 2.75 bits per heavy atom. The molecule has 132 valence electrons. The summed E-state index contributed by atoms with van der Waals surface area (Å²) < 4.78 is 0. The summed E-state index contributed by atoms with van der Waals surface area (Å²) in [6.45, 7) is 2.86. The first-order chi connectivity index (χ1) is 11.6. The van der Waals surface area contributed by atoms with Crippen LogP contribution in [0.3, 0.4) is 0 Å². The van der Waals surface area contributed by atoms with E-state index in [9.17, 15) is 9.59 Å². The Kier molecular flexibility index (Phi) is 5.87. The van der Waals surface area contributed by atoms with Gasteiger partial charge in [0, 0.05) is 17.8 Å². The van der Waals surface area contributed by atoms with Crippen LogP contribution in [0.15, 0.2) is 0 Å². The molecule has 5 nitrogen and oxygen atoms in total. The van der Waals surface area contributed by atoms with Crippen LogP contribution in [0.4, 0.5) is 0 Å². The van der Waals surface area contributed by atoms with Gasteiger partial charge in [-0.2, -0.15) is 0 Å². The molecule has 1 N–H and O–H groups in total. The molecule has 0 spiro atoms. The van der Waals surface area contributed by atoms with E-state index >= 15 is 0 Å². The van der Waals surface area contributed by atoms with Crippen molar-refractivity contribution in [1.82, 2.24) is 15.2 Å². The molecule has 2 aliphatic rings. The van der Waals surface area contributed by atoms with E-state index in [4.69, 9.17) is 4.98 Å². The topological polar surface area (TPSA) is 62.3 Å². The van der Waals surface area contributed by atoms with Gasteiger partial charge in [-0.3, -0.25) is 9.59 Å². The number of aryl methyl sites for hydroxylation is 2. The highest BCUT2D eigenvalue weighted by atomic mass is 32.1. The summed E-state index contributed by atoms with van der Waals surface area (Å²) in [5.41, 5.74) is 1.22. The number of likely N-dealkylation sites (tertiary alicyclic amines) is 1.